The molecule has 1 aromatic heterocycles. The summed E-state index contributed by atoms with van der Waals surface area (Å²) in [5.74, 6) is 0.0581. The molecule has 0 saturated carbocycles. The highest BCUT2D eigenvalue weighted by atomic mass is 16.6. The van der Waals surface area contributed by atoms with Crippen LogP contribution in [0, 0.1) is 12.1 Å². The lowest BCUT2D eigenvalue weighted by molar-refractivity contribution is -0.442. The minimum atomic E-state index is 0.0581. The third-order valence-corrected chi connectivity index (χ3v) is 2.05. The summed E-state index contributed by atoms with van der Waals surface area (Å²) >= 11 is 0. The van der Waals surface area contributed by atoms with Gasteiger partial charge in [0.1, 0.15) is 0 Å². The van der Waals surface area contributed by atoms with Gasteiger partial charge >= 0.3 is 5.82 Å². The second-order valence-corrected chi connectivity index (χ2v) is 3.29. The van der Waals surface area contributed by atoms with Gasteiger partial charge in [-0.3, -0.25) is 0 Å². The Kier molecular flexibility index (Phi) is 3.25. The third kappa shape index (κ3) is 2.75. The Bertz CT molecular complexity index is 546. The van der Waals surface area contributed by atoms with Crippen LogP contribution < -0.4 is 0 Å². The van der Waals surface area contributed by atoms with Gasteiger partial charge in [-0.25, -0.2) is 0 Å². The van der Waals surface area contributed by atoms with Gasteiger partial charge in [0, 0.05) is 0 Å². The summed E-state index contributed by atoms with van der Waals surface area (Å²) in [6.45, 7) is 1.62. The molecule has 0 radical (unpaired) electrons. The van der Waals surface area contributed by atoms with Crippen molar-refractivity contribution in [1.82, 2.24) is 10.3 Å². The van der Waals surface area contributed by atoms with Crippen molar-refractivity contribution in [2.45, 2.75) is 6.92 Å². The van der Waals surface area contributed by atoms with Gasteiger partial charge in [-0.2, -0.15) is 0 Å². The number of rotatable bonds is 3. The number of hydrogen-bond donors (Lipinski definition) is 0. The molecular formula is C11H10N4O2. The number of azo groups is 1. The predicted molar refractivity (Wildman–Crippen MR) is 60.2 cm³/mol. The van der Waals surface area contributed by atoms with E-state index in [9.17, 15) is 5.21 Å². The van der Waals surface area contributed by atoms with Gasteiger partial charge in [-0.1, -0.05) is 35.4 Å². The first-order valence-electron chi connectivity index (χ1n) is 4.96. The first-order chi connectivity index (χ1) is 8.27. The van der Waals surface area contributed by atoms with Crippen LogP contribution in [0.1, 0.15) is 11.3 Å². The zero-order valence-corrected chi connectivity index (χ0v) is 9.15. The fourth-order valence-corrected chi connectivity index (χ4v) is 1.20. The number of aromatic nitrogens is 2. The second-order valence-electron chi connectivity index (χ2n) is 3.29. The molecular weight excluding hydrogens is 220 g/mol. The van der Waals surface area contributed by atoms with Crippen molar-refractivity contribution in [2.75, 3.05) is 0 Å². The van der Waals surface area contributed by atoms with Gasteiger partial charge in [-0.05, 0) is 23.7 Å². The van der Waals surface area contributed by atoms with E-state index in [4.69, 9.17) is 0 Å². The van der Waals surface area contributed by atoms with Crippen LogP contribution in [0.15, 0.2) is 46.3 Å². The van der Waals surface area contributed by atoms with Crippen LogP contribution >= 0.6 is 0 Å². The monoisotopic (exact) mass is 230 g/mol. The quantitative estimate of drug-likeness (QED) is 0.461. The molecule has 0 bridgehead atoms. The Hall–Kier alpha value is -2.50. The van der Waals surface area contributed by atoms with E-state index in [-0.39, 0.29) is 5.82 Å². The van der Waals surface area contributed by atoms with Gasteiger partial charge in [0.15, 0.2) is 10.9 Å². The van der Waals surface area contributed by atoms with Crippen molar-refractivity contribution in [1.29, 1.82) is 0 Å². The zero-order chi connectivity index (χ0) is 12.1. The van der Waals surface area contributed by atoms with Crippen molar-refractivity contribution in [3.05, 3.63) is 53.0 Å². The molecule has 0 aliphatic heterocycles. The molecule has 0 aliphatic carbocycles. The molecule has 0 aliphatic rings. The lowest BCUT2D eigenvalue weighted by Gasteiger charge is -1.96. The van der Waals surface area contributed by atoms with Crippen molar-refractivity contribution in [2.24, 2.45) is 5.11 Å². The molecule has 0 saturated heterocycles. The van der Waals surface area contributed by atoms with E-state index in [1.54, 1.807) is 13.0 Å². The van der Waals surface area contributed by atoms with Crippen LogP contribution in [-0.2, 0) is 0 Å². The van der Waals surface area contributed by atoms with Crippen LogP contribution in [-0.4, -0.2) is 15.2 Å². The van der Waals surface area contributed by atoms with E-state index < -0.39 is 0 Å². The van der Waals surface area contributed by atoms with Crippen LogP contribution in [0.4, 0.5) is 5.82 Å². The maximum absolute atomic E-state index is 11.5. The Morgan fingerprint density at radius 2 is 2.06 bits per heavy atom. The molecule has 1 aromatic carbocycles. The Labute approximate surface area is 97.4 Å². The van der Waals surface area contributed by atoms with E-state index in [1.807, 2.05) is 30.3 Å². The Balaban J connectivity index is 2.11. The number of nitrogens with zero attached hydrogens (tertiary/aromatic N) is 4. The molecule has 1 heterocycles. The molecule has 6 heteroatoms. The maximum atomic E-state index is 11.5. The molecule has 0 fully saturated rings. The summed E-state index contributed by atoms with van der Waals surface area (Å²) in [7, 11) is 0. The van der Waals surface area contributed by atoms with E-state index in [2.05, 4.69) is 20.1 Å². The highest BCUT2D eigenvalue weighted by molar-refractivity contribution is 5.48. The van der Waals surface area contributed by atoms with Crippen LogP contribution in [0.2, 0.25) is 0 Å². The van der Waals surface area contributed by atoms with Crippen LogP contribution in [0.3, 0.4) is 0 Å². The van der Waals surface area contributed by atoms with Crippen molar-refractivity contribution >= 4 is 11.9 Å². The van der Waals surface area contributed by atoms with Gasteiger partial charge < -0.3 is 5.21 Å². The lowest BCUT2D eigenvalue weighted by Crippen LogP contribution is -1.92. The van der Waals surface area contributed by atoms with E-state index in [0.717, 1.165) is 5.56 Å². The maximum Gasteiger partial charge on any atom is 0.421 e. The average Bonchev–Trinajstić information content (AvgIpc) is 2.77. The summed E-state index contributed by atoms with van der Waals surface area (Å²) in [6, 6.07) is 9.54. The summed E-state index contributed by atoms with van der Waals surface area (Å²) in [5.41, 5.74) is 1.36. The summed E-state index contributed by atoms with van der Waals surface area (Å²) in [6.07, 6.45) is 3.12. The topological polar surface area (TPSA) is 77.3 Å². The molecule has 0 N–H and O–H groups in total. The normalized spacial score (nSPS) is 12.2. The standard InChI is InChI=1S/C11H10N4O2/c1-9-11(14-17-13-9)15(16)12-8-7-10-5-3-2-4-6-10/h2-8H,1H3/b8-7+,15-12?. The first-order valence-corrected chi connectivity index (χ1v) is 4.96. The third-order valence-electron chi connectivity index (χ3n) is 2.05. The van der Waals surface area contributed by atoms with Crippen LogP contribution in [0.5, 0.6) is 0 Å². The van der Waals surface area contributed by atoms with E-state index in [1.165, 1.54) is 6.20 Å². The van der Waals surface area contributed by atoms with Crippen molar-refractivity contribution in [3.63, 3.8) is 0 Å². The SMILES string of the molecule is Cc1nonc1[N+]([O-])=N/C=C/c1ccccc1. The largest absolute Gasteiger partial charge is 0.690 e. The van der Waals surface area contributed by atoms with Gasteiger partial charge in [0.05, 0.1) is 6.20 Å². The first kappa shape index (κ1) is 11.0. The molecule has 0 atom stereocenters. The molecule has 6 nitrogen and oxygen atoms in total. The average molecular weight is 230 g/mol. The van der Waals surface area contributed by atoms with Gasteiger partial charge in [0.2, 0.25) is 0 Å². The highest BCUT2D eigenvalue weighted by Crippen LogP contribution is 2.11. The number of aryl methyl sites for hydroxylation is 1. The fraction of sp³-hybridized carbons (Fsp3) is 0.0909. The number of hydrogen-bond acceptors (Lipinski definition) is 5. The van der Waals surface area contributed by atoms with Crippen molar-refractivity contribution < 1.29 is 9.49 Å². The molecule has 2 rings (SSSR count). The minimum Gasteiger partial charge on any atom is -0.690 e. The molecule has 0 amide bonds. The summed E-state index contributed by atoms with van der Waals surface area (Å²) in [5, 5.41) is 22.0. The molecule has 2 aromatic rings. The van der Waals surface area contributed by atoms with Gasteiger partial charge in [0.25, 0.3) is 0 Å². The van der Waals surface area contributed by atoms with Crippen LogP contribution in [0.25, 0.3) is 6.08 Å². The summed E-state index contributed by atoms with van der Waals surface area (Å²) in [4.78, 5) is 0.366. The lowest BCUT2D eigenvalue weighted by atomic mass is 10.2. The Morgan fingerprint density at radius 3 is 2.71 bits per heavy atom. The molecule has 0 unspecified atom stereocenters. The van der Waals surface area contributed by atoms with E-state index >= 15 is 0 Å². The zero-order valence-electron chi connectivity index (χ0n) is 9.15. The predicted octanol–water partition coefficient (Wildman–Crippen LogP) is 2.64. The fourth-order valence-electron chi connectivity index (χ4n) is 1.20. The summed E-state index contributed by atoms with van der Waals surface area (Å²) < 4.78 is 4.41. The smallest absolute Gasteiger partial charge is 0.421 e. The second kappa shape index (κ2) is 5.02. The molecule has 17 heavy (non-hydrogen) atoms. The van der Waals surface area contributed by atoms with E-state index in [0.29, 0.717) is 10.6 Å². The Morgan fingerprint density at radius 1 is 1.29 bits per heavy atom. The molecule has 0 spiro atoms. The minimum absolute atomic E-state index is 0.0581. The highest BCUT2D eigenvalue weighted by Gasteiger charge is 2.15. The van der Waals surface area contributed by atoms with Gasteiger partial charge in [-0.15, -0.1) is 9.49 Å². The molecule has 86 valence electrons. The number of benzene rings is 1. The van der Waals surface area contributed by atoms with Crippen molar-refractivity contribution in [3.8, 4) is 0 Å².